The first-order valence-corrected chi connectivity index (χ1v) is 6.24. The standard InChI is InChI=1S/C14H19N3/c1-14(2,3)11-5-4-10-7-16-17(13(10)6-11)12-8-15-9-12/h4-7,12,15H,8-9H2,1-3H3. The number of nitrogens with zero attached hydrogens (tertiary/aromatic N) is 2. The van der Waals surface area contributed by atoms with Gasteiger partial charge in [-0.15, -0.1) is 0 Å². The van der Waals surface area contributed by atoms with Crippen molar-refractivity contribution in [2.45, 2.75) is 32.2 Å². The molecule has 0 amide bonds. The van der Waals surface area contributed by atoms with Crippen LogP contribution in [0.5, 0.6) is 0 Å². The molecule has 0 saturated carbocycles. The summed E-state index contributed by atoms with van der Waals surface area (Å²) in [6.45, 7) is 8.83. The molecule has 1 aliphatic rings. The van der Waals surface area contributed by atoms with Crippen LogP contribution in [0.1, 0.15) is 32.4 Å². The van der Waals surface area contributed by atoms with E-state index in [-0.39, 0.29) is 5.41 Å². The molecule has 1 aliphatic heterocycles. The number of aromatic nitrogens is 2. The van der Waals surface area contributed by atoms with E-state index < -0.39 is 0 Å². The summed E-state index contributed by atoms with van der Waals surface area (Å²) in [4.78, 5) is 0. The summed E-state index contributed by atoms with van der Waals surface area (Å²) in [5, 5.41) is 9.06. The smallest absolute Gasteiger partial charge is 0.0774 e. The summed E-state index contributed by atoms with van der Waals surface area (Å²) in [5.41, 5.74) is 2.84. The monoisotopic (exact) mass is 229 g/mol. The van der Waals surface area contributed by atoms with Crippen molar-refractivity contribution in [2.24, 2.45) is 0 Å². The second-order valence-electron chi connectivity index (χ2n) is 5.92. The fraction of sp³-hybridized carbons (Fsp3) is 0.500. The molecule has 0 unspecified atom stereocenters. The Morgan fingerprint density at radius 3 is 2.65 bits per heavy atom. The normalized spacial score (nSPS) is 17.4. The Bertz CT molecular complexity index is 544. The highest BCUT2D eigenvalue weighted by Gasteiger charge is 2.22. The summed E-state index contributed by atoms with van der Waals surface area (Å²) in [7, 11) is 0. The van der Waals surface area contributed by atoms with Crippen LogP contribution in [0.2, 0.25) is 0 Å². The molecule has 0 bridgehead atoms. The number of hydrogen-bond acceptors (Lipinski definition) is 2. The molecular weight excluding hydrogens is 210 g/mol. The van der Waals surface area contributed by atoms with E-state index in [0.717, 1.165) is 13.1 Å². The van der Waals surface area contributed by atoms with Gasteiger partial charge in [0.15, 0.2) is 0 Å². The van der Waals surface area contributed by atoms with Gasteiger partial charge in [-0.05, 0) is 17.0 Å². The number of benzene rings is 1. The molecule has 3 nitrogen and oxygen atoms in total. The molecule has 90 valence electrons. The minimum Gasteiger partial charge on any atom is -0.312 e. The van der Waals surface area contributed by atoms with Gasteiger partial charge in [0.05, 0.1) is 17.8 Å². The zero-order valence-corrected chi connectivity index (χ0v) is 10.7. The highest BCUT2D eigenvalue weighted by atomic mass is 15.3. The van der Waals surface area contributed by atoms with Gasteiger partial charge < -0.3 is 5.32 Å². The molecule has 2 aromatic rings. The van der Waals surface area contributed by atoms with E-state index in [1.807, 2.05) is 6.20 Å². The minimum absolute atomic E-state index is 0.196. The Labute approximate surface area is 102 Å². The topological polar surface area (TPSA) is 29.9 Å². The molecule has 0 spiro atoms. The predicted octanol–water partition coefficient (Wildman–Crippen LogP) is 2.48. The summed E-state index contributed by atoms with van der Waals surface area (Å²) >= 11 is 0. The molecule has 2 heterocycles. The second-order valence-corrected chi connectivity index (χ2v) is 5.92. The first kappa shape index (κ1) is 10.8. The second kappa shape index (κ2) is 3.57. The molecule has 1 saturated heterocycles. The van der Waals surface area contributed by atoms with Crippen LogP contribution in [0.4, 0.5) is 0 Å². The van der Waals surface area contributed by atoms with Crippen LogP contribution in [-0.2, 0) is 5.41 Å². The van der Waals surface area contributed by atoms with Gasteiger partial charge in [-0.25, -0.2) is 0 Å². The molecule has 1 aromatic heterocycles. The number of nitrogens with one attached hydrogen (secondary N) is 1. The molecule has 1 aromatic carbocycles. The average molecular weight is 229 g/mol. The van der Waals surface area contributed by atoms with Crippen molar-refractivity contribution < 1.29 is 0 Å². The van der Waals surface area contributed by atoms with Crippen molar-refractivity contribution in [3.8, 4) is 0 Å². The Morgan fingerprint density at radius 1 is 1.29 bits per heavy atom. The van der Waals surface area contributed by atoms with E-state index >= 15 is 0 Å². The first-order chi connectivity index (χ1) is 8.05. The van der Waals surface area contributed by atoms with Crippen molar-refractivity contribution in [3.63, 3.8) is 0 Å². The van der Waals surface area contributed by atoms with Crippen LogP contribution in [-0.4, -0.2) is 22.9 Å². The largest absolute Gasteiger partial charge is 0.312 e. The van der Waals surface area contributed by atoms with E-state index in [1.54, 1.807) is 0 Å². The van der Waals surface area contributed by atoms with Gasteiger partial charge in [0.1, 0.15) is 0 Å². The average Bonchev–Trinajstić information content (AvgIpc) is 2.57. The Kier molecular flexibility index (Phi) is 2.26. The van der Waals surface area contributed by atoms with E-state index in [0.29, 0.717) is 6.04 Å². The van der Waals surface area contributed by atoms with Crippen LogP contribution < -0.4 is 5.32 Å². The third kappa shape index (κ3) is 1.75. The molecule has 0 aliphatic carbocycles. The van der Waals surface area contributed by atoms with Crippen LogP contribution >= 0.6 is 0 Å². The molecule has 1 fully saturated rings. The Hall–Kier alpha value is -1.35. The summed E-state index contributed by atoms with van der Waals surface area (Å²) in [6, 6.07) is 7.22. The van der Waals surface area contributed by atoms with Gasteiger partial charge in [-0.1, -0.05) is 32.9 Å². The molecule has 17 heavy (non-hydrogen) atoms. The van der Waals surface area contributed by atoms with Crippen LogP contribution in [0.3, 0.4) is 0 Å². The van der Waals surface area contributed by atoms with Crippen molar-refractivity contribution in [2.75, 3.05) is 13.1 Å². The lowest BCUT2D eigenvalue weighted by molar-refractivity contribution is 0.326. The van der Waals surface area contributed by atoms with Gasteiger partial charge >= 0.3 is 0 Å². The maximum Gasteiger partial charge on any atom is 0.0774 e. The molecule has 3 heteroatoms. The van der Waals surface area contributed by atoms with Crippen molar-refractivity contribution >= 4 is 10.9 Å². The molecule has 1 N–H and O–H groups in total. The maximum atomic E-state index is 4.52. The van der Waals surface area contributed by atoms with Gasteiger partial charge in [0.2, 0.25) is 0 Å². The van der Waals surface area contributed by atoms with Crippen molar-refractivity contribution in [1.29, 1.82) is 0 Å². The van der Waals surface area contributed by atoms with E-state index in [4.69, 9.17) is 0 Å². The highest BCUT2D eigenvalue weighted by molar-refractivity contribution is 5.79. The number of rotatable bonds is 1. The highest BCUT2D eigenvalue weighted by Crippen LogP contribution is 2.27. The molecule has 0 atom stereocenters. The van der Waals surface area contributed by atoms with E-state index in [1.165, 1.54) is 16.5 Å². The van der Waals surface area contributed by atoms with Crippen molar-refractivity contribution in [3.05, 3.63) is 30.0 Å². The van der Waals surface area contributed by atoms with E-state index in [2.05, 4.69) is 54.1 Å². The fourth-order valence-electron chi connectivity index (χ4n) is 2.24. The zero-order chi connectivity index (χ0) is 12.0. The summed E-state index contributed by atoms with van der Waals surface area (Å²) in [5.74, 6) is 0. The summed E-state index contributed by atoms with van der Waals surface area (Å²) < 4.78 is 2.17. The predicted molar refractivity (Wildman–Crippen MR) is 70.3 cm³/mol. The lowest BCUT2D eigenvalue weighted by atomic mass is 9.87. The van der Waals surface area contributed by atoms with Gasteiger partial charge in [0, 0.05) is 18.5 Å². The SMILES string of the molecule is CC(C)(C)c1ccc2cnn(C3CNC3)c2c1. The fourth-order valence-corrected chi connectivity index (χ4v) is 2.24. The van der Waals surface area contributed by atoms with Gasteiger partial charge in [0.25, 0.3) is 0 Å². The number of fused-ring (bicyclic) bond motifs is 1. The van der Waals surface area contributed by atoms with Crippen LogP contribution in [0.15, 0.2) is 24.4 Å². The third-order valence-electron chi connectivity index (χ3n) is 3.57. The quantitative estimate of drug-likeness (QED) is 0.814. The van der Waals surface area contributed by atoms with Crippen molar-refractivity contribution in [1.82, 2.24) is 15.1 Å². The lowest BCUT2D eigenvalue weighted by Crippen LogP contribution is -2.43. The van der Waals surface area contributed by atoms with E-state index in [9.17, 15) is 0 Å². The number of hydrogen-bond donors (Lipinski definition) is 1. The zero-order valence-electron chi connectivity index (χ0n) is 10.7. The Balaban J connectivity index is 2.12. The van der Waals surface area contributed by atoms with Gasteiger partial charge in [-0.2, -0.15) is 5.10 Å². The maximum absolute atomic E-state index is 4.52. The Morgan fingerprint density at radius 2 is 2.06 bits per heavy atom. The first-order valence-electron chi connectivity index (χ1n) is 6.24. The third-order valence-corrected chi connectivity index (χ3v) is 3.57. The minimum atomic E-state index is 0.196. The summed E-state index contributed by atoms with van der Waals surface area (Å²) in [6.07, 6.45) is 1.97. The lowest BCUT2D eigenvalue weighted by Gasteiger charge is -2.28. The van der Waals surface area contributed by atoms with Gasteiger partial charge in [-0.3, -0.25) is 4.68 Å². The van der Waals surface area contributed by atoms with Crippen LogP contribution in [0.25, 0.3) is 10.9 Å². The molecule has 3 rings (SSSR count). The molecular formula is C14H19N3. The van der Waals surface area contributed by atoms with Crippen LogP contribution in [0, 0.1) is 0 Å². The molecule has 0 radical (unpaired) electrons.